The molecule has 1 fully saturated rings. The molecule has 1 aromatic carbocycles. The fraction of sp³-hybridized carbons (Fsp3) is 0.444. The molecule has 0 saturated carbocycles. The fourth-order valence-electron chi connectivity index (χ4n) is 2.82. The Morgan fingerprint density at radius 2 is 1.95 bits per heavy atom. The van der Waals surface area contributed by atoms with Crippen LogP contribution in [0.15, 0.2) is 36.5 Å². The summed E-state index contributed by atoms with van der Waals surface area (Å²) in [6, 6.07) is 10.2. The van der Waals surface area contributed by atoms with Crippen LogP contribution < -0.4 is 10.1 Å². The van der Waals surface area contributed by atoms with E-state index in [-0.39, 0.29) is 0 Å². The highest BCUT2D eigenvalue weighted by atomic mass is 16.5. The molecule has 1 saturated heterocycles. The second-order valence-corrected chi connectivity index (χ2v) is 5.91. The van der Waals surface area contributed by atoms with Crippen LogP contribution in [0, 0.1) is 12.8 Å². The largest absolute Gasteiger partial charge is 0.485 e. The standard InChI is InChI=1S/C18H23N3O/c1-14-17(22-13-16-5-3-2-4-6-16)12-20-18(21-14)11-15-7-9-19-10-8-15/h2-6,12,15,19H,7-11,13H2,1H3. The van der Waals surface area contributed by atoms with Gasteiger partial charge in [0.05, 0.1) is 11.9 Å². The molecule has 1 aliphatic heterocycles. The van der Waals surface area contributed by atoms with Crippen LogP contribution in [0.25, 0.3) is 0 Å². The third kappa shape index (κ3) is 4.04. The van der Waals surface area contributed by atoms with Gasteiger partial charge in [-0.05, 0) is 44.3 Å². The van der Waals surface area contributed by atoms with Crippen LogP contribution in [-0.4, -0.2) is 23.1 Å². The minimum absolute atomic E-state index is 0.554. The molecule has 0 amide bonds. The van der Waals surface area contributed by atoms with Crippen molar-refractivity contribution >= 4 is 0 Å². The monoisotopic (exact) mass is 297 g/mol. The van der Waals surface area contributed by atoms with Crippen LogP contribution >= 0.6 is 0 Å². The van der Waals surface area contributed by atoms with Gasteiger partial charge in [-0.15, -0.1) is 0 Å². The first-order chi connectivity index (χ1) is 10.8. The quantitative estimate of drug-likeness (QED) is 0.922. The summed E-state index contributed by atoms with van der Waals surface area (Å²) in [7, 11) is 0. The first-order valence-electron chi connectivity index (χ1n) is 8.01. The van der Waals surface area contributed by atoms with Crippen molar-refractivity contribution in [3.63, 3.8) is 0 Å². The van der Waals surface area contributed by atoms with Crippen molar-refractivity contribution in [2.45, 2.75) is 32.8 Å². The molecule has 1 aliphatic rings. The molecule has 0 radical (unpaired) electrons. The predicted octanol–water partition coefficient (Wildman–Crippen LogP) is 2.91. The Hall–Kier alpha value is -1.94. The lowest BCUT2D eigenvalue weighted by Gasteiger charge is -2.21. The van der Waals surface area contributed by atoms with E-state index in [1.54, 1.807) is 0 Å². The van der Waals surface area contributed by atoms with E-state index in [1.165, 1.54) is 12.8 Å². The van der Waals surface area contributed by atoms with Crippen LogP contribution in [0.1, 0.15) is 29.9 Å². The van der Waals surface area contributed by atoms with Crippen LogP contribution in [0.3, 0.4) is 0 Å². The highest BCUT2D eigenvalue weighted by Crippen LogP contribution is 2.19. The molecule has 0 bridgehead atoms. The van der Waals surface area contributed by atoms with Gasteiger partial charge in [0.1, 0.15) is 12.4 Å². The van der Waals surface area contributed by atoms with E-state index >= 15 is 0 Å². The molecule has 3 rings (SSSR count). The van der Waals surface area contributed by atoms with Crippen LogP contribution in [0.2, 0.25) is 0 Å². The molecule has 0 atom stereocenters. The summed E-state index contributed by atoms with van der Waals surface area (Å²) in [5, 5.41) is 3.39. The number of piperidine rings is 1. The lowest BCUT2D eigenvalue weighted by atomic mass is 9.94. The Labute approximate surface area is 132 Å². The maximum Gasteiger partial charge on any atom is 0.159 e. The smallest absolute Gasteiger partial charge is 0.159 e. The van der Waals surface area contributed by atoms with Gasteiger partial charge >= 0.3 is 0 Å². The third-order valence-corrected chi connectivity index (χ3v) is 4.15. The zero-order chi connectivity index (χ0) is 15.2. The summed E-state index contributed by atoms with van der Waals surface area (Å²) in [6.45, 7) is 4.77. The molecule has 0 aliphatic carbocycles. The van der Waals surface area contributed by atoms with E-state index in [0.29, 0.717) is 12.5 Å². The molecular weight excluding hydrogens is 274 g/mol. The summed E-state index contributed by atoms with van der Waals surface area (Å²) >= 11 is 0. The Bertz CT molecular complexity index is 595. The summed E-state index contributed by atoms with van der Waals surface area (Å²) in [4.78, 5) is 9.11. The second-order valence-electron chi connectivity index (χ2n) is 5.91. The predicted molar refractivity (Wildman–Crippen MR) is 86.8 cm³/mol. The van der Waals surface area contributed by atoms with Crippen molar-refractivity contribution in [2.75, 3.05) is 13.1 Å². The Morgan fingerprint density at radius 3 is 2.68 bits per heavy atom. The normalized spacial score (nSPS) is 15.7. The van der Waals surface area contributed by atoms with Gasteiger partial charge in [-0.1, -0.05) is 30.3 Å². The number of ether oxygens (including phenoxy) is 1. The van der Waals surface area contributed by atoms with E-state index < -0.39 is 0 Å². The van der Waals surface area contributed by atoms with Gasteiger partial charge in [0.25, 0.3) is 0 Å². The highest BCUT2D eigenvalue weighted by molar-refractivity contribution is 5.24. The molecule has 22 heavy (non-hydrogen) atoms. The second kappa shape index (κ2) is 7.36. The van der Waals surface area contributed by atoms with Gasteiger partial charge in [-0.2, -0.15) is 0 Å². The minimum atomic E-state index is 0.554. The average molecular weight is 297 g/mol. The number of rotatable bonds is 5. The van der Waals surface area contributed by atoms with Crippen LogP contribution in [0.4, 0.5) is 0 Å². The molecule has 1 aromatic heterocycles. The van der Waals surface area contributed by atoms with Crippen molar-refractivity contribution in [1.82, 2.24) is 15.3 Å². The molecule has 4 nitrogen and oxygen atoms in total. The average Bonchev–Trinajstić information content (AvgIpc) is 2.56. The summed E-state index contributed by atoms with van der Waals surface area (Å²) < 4.78 is 5.83. The number of aromatic nitrogens is 2. The molecule has 4 heteroatoms. The van der Waals surface area contributed by atoms with Crippen LogP contribution in [-0.2, 0) is 13.0 Å². The van der Waals surface area contributed by atoms with E-state index in [1.807, 2.05) is 31.3 Å². The van der Waals surface area contributed by atoms with Gasteiger partial charge in [0.15, 0.2) is 5.75 Å². The van der Waals surface area contributed by atoms with E-state index in [2.05, 4.69) is 27.4 Å². The lowest BCUT2D eigenvalue weighted by molar-refractivity contribution is 0.300. The van der Waals surface area contributed by atoms with Gasteiger partial charge in [0, 0.05) is 6.42 Å². The Morgan fingerprint density at radius 1 is 1.18 bits per heavy atom. The number of nitrogens with one attached hydrogen (secondary N) is 1. The molecule has 2 heterocycles. The highest BCUT2D eigenvalue weighted by Gasteiger charge is 2.15. The minimum Gasteiger partial charge on any atom is -0.485 e. The van der Waals surface area contributed by atoms with Crippen LogP contribution in [0.5, 0.6) is 5.75 Å². The van der Waals surface area contributed by atoms with E-state index in [9.17, 15) is 0 Å². The first kappa shape index (κ1) is 15.0. The Kier molecular flexibility index (Phi) is 5.01. The lowest BCUT2D eigenvalue weighted by Crippen LogP contribution is -2.29. The van der Waals surface area contributed by atoms with Gasteiger partial charge in [-0.3, -0.25) is 0 Å². The van der Waals surface area contributed by atoms with Crippen molar-refractivity contribution in [2.24, 2.45) is 5.92 Å². The maximum atomic E-state index is 5.83. The molecule has 116 valence electrons. The SMILES string of the molecule is Cc1nc(CC2CCNCC2)ncc1OCc1ccccc1. The molecule has 2 aromatic rings. The van der Waals surface area contributed by atoms with Gasteiger partial charge in [-0.25, -0.2) is 9.97 Å². The van der Waals surface area contributed by atoms with Crippen molar-refractivity contribution in [3.05, 3.63) is 53.6 Å². The summed E-state index contributed by atoms with van der Waals surface area (Å²) in [5.74, 6) is 2.42. The van der Waals surface area contributed by atoms with Gasteiger partial charge < -0.3 is 10.1 Å². The molecule has 0 unspecified atom stereocenters. The molecule has 1 N–H and O–H groups in total. The third-order valence-electron chi connectivity index (χ3n) is 4.15. The number of benzene rings is 1. The zero-order valence-electron chi connectivity index (χ0n) is 13.1. The van der Waals surface area contributed by atoms with Gasteiger partial charge in [0.2, 0.25) is 0 Å². The van der Waals surface area contributed by atoms with Crippen molar-refractivity contribution in [1.29, 1.82) is 0 Å². The number of nitrogens with zero attached hydrogens (tertiary/aromatic N) is 2. The zero-order valence-corrected chi connectivity index (χ0v) is 13.1. The fourth-order valence-corrected chi connectivity index (χ4v) is 2.82. The first-order valence-corrected chi connectivity index (χ1v) is 8.01. The number of hydrogen-bond donors (Lipinski definition) is 1. The van der Waals surface area contributed by atoms with Crippen molar-refractivity contribution < 1.29 is 4.74 Å². The summed E-state index contributed by atoms with van der Waals surface area (Å²) in [5.41, 5.74) is 2.08. The van der Waals surface area contributed by atoms with Crippen molar-refractivity contribution in [3.8, 4) is 5.75 Å². The molecule has 0 spiro atoms. The number of aryl methyl sites for hydroxylation is 1. The molecular formula is C18H23N3O. The topological polar surface area (TPSA) is 47.0 Å². The van der Waals surface area contributed by atoms with E-state index in [4.69, 9.17) is 4.74 Å². The summed E-state index contributed by atoms with van der Waals surface area (Å²) in [6.07, 6.45) is 5.23. The van der Waals surface area contributed by atoms with E-state index in [0.717, 1.165) is 42.3 Å². The maximum absolute atomic E-state index is 5.83. The number of hydrogen-bond acceptors (Lipinski definition) is 4. The Balaban J connectivity index is 1.59.